The molecule has 1 amide bonds. The molecule has 1 saturated heterocycles. The highest BCUT2D eigenvalue weighted by Gasteiger charge is 2.41. The summed E-state index contributed by atoms with van der Waals surface area (Å²) >= 11 is 0. The van der Waals surface area contributed by atoms with Gasteiger partial charge in [0.2, 0.25) is 5.91 Å². The average Bonchev–Trinajstić information content (AvgIpc) is 3.02. The van der Waals surface area contributed by atoms with Gasteiger partial charge in [-0.05, 0) is 76.0 Å². The molecule has 154 valence electrons. The molecule has 1 aromatic carbocycles. The van der Waals surface area contributed by atoms with Crippen molar-refractivity contribution < 1.29 is 9.53 Å². The Morgan fingerprint density at radius 1 is 1.14 bits per heavy atom. The van der Waals surface area contributed by atoms with Crippen LogP contribution in [0.4, 0.5) is 5.69 Å². The van der Waals surface area contributed by atoms with Gasteiger partial charge in [-0.3, -0.25) is 9.69 Å². The lowest BCUT2D eigenvalue weighted by Crippen LogP contribution is -2.55. The predicted molar refractivity (Wildman–Crippen MR) is 114 cm³/mol. The van der Waals surface area contributed by atoms with E-state index in [1.54, 1.807) is 0 Å². The molecule has 3 aliphatic rings. The molecule has 28 heavy (non-hydrogen) atoms. The number of rotatable bonds is 5. The predicted octanol–water partition coefficient (Wildman–Crippen LogP) is 4.48. The lowest BCUT2D eigenvalue weighted by molar-refractivity contribution is -0.118. The number of likely N-dealkylation sites (tertiary alicyclic amines) is 1. The third-order valence-corrected chi connectivity index (χ3v) is 7.27. The van der Waals surface area contributed by atoms with Gasteiger partial charge in [0.25, 0.3) is 0 Å². The highest BCUT2D eigenvalue weighted by Crippen LogP contribution is 2.39. The van der Waals surface area contributed by atoms with Gasteiger partial charge in [-0.2, -0.15) is 0 Å². The van der Waals surface area contributed by atoms with Crippen molar-refractivity contribution in [3.05, 3.63) is 29.3 Å². The van der Waals surface area contributed by atoms with Crippen LogP contribution in [0.1, 0.15) is 69.9 Å². The Kier molecular flexibility index (Phi) is 5.80. The van der Waals surface area contributed by atoms with E-state index >= 15 is 0 Å². The van der Waals surface area contributed by atoms with E-state index in [2.05, 4.69) is 48.8 Å². The number of benzene rings is 1. The third kappa shape index (κ3) is 3.86. The molecule has 0 bridgehead atoms. The lowest BCUT2D eigenvalue weighted by Gasteiger charge is -2.49. The number of hydrogen-bond donors (Lipinski definition) is 0. The van der Waals surface area contributed by atoms with Crippen molar-refractivity contribution >= 4 is 11.6 Å². The van der Waals surface area contributed by atoms with Crippen molar-refractivity contribution in [3.8, 4) is 0 Å². The molecule has 2 heterocycles. The van der Waals surface area contributed by atoms with Gasteiger partial charge >= 0.3 is 0 Å². The molecule has 2 fully saturated rings. The fourth-order valence-corrected chi connectivity index (χ4v) is 5.47. The third-order valence-electron chi connectivity index (χ3n) is 7.27. The molecule has 4 nitrogen and oxygen atoms in total. The van der Waals surface area contributed by atoms with Crippen molar-refractivity contribution in [1.29, 1.82) is 0 Å². The summed E-state index contributed by atoms with van der Waals surface area (Å²) in [5.41, 5.74) is 3.92. The van der Waals surface area contributed by atoms with Gasteiger partial charge in [0.15, 0.2) is 0 Å². The summed E-state index contributed by atoms with van der Waals surface area (Å²) < 4.78 is 5.99. The Morgan fingerprint density at radius 2 is 1.86 bits per heavy atom. The maximum Gasteiger partial charge on any atom is 0.231 e. The molecule has 2 aliphatic heterocycles. The molecular weight excluding hydrogens is 348 g/mol. The molecular formula is C24H36N2O2. The number of hydrogen-bond acceptors (Lipinski definition) is 3. The molecule has 4 heteroatoms. The van der Waals surface area contributed by atoms with Gasteiger partial charge in [0.05, 0.1) is 12.5 Å². The smallest absolute Gasteiger partial charge is 0.231 e. The summed E-state index contributed by atoms with van der Waals surface area (Å²) in [5, 5.41) is 0. The van der Waals surface area contributed by atoms with Gasteiger partial charge < -0.3 is 9.64 Å². The van der Waals surface area contributed by atoms with Gasteiger partial charge in [-0.1, -0.05) is 19.1 Å². The molecule has 1 aliphatic carbocycles. The number of anilines is 1. The van der Waals surface area contributed by atoms with E-state index in [4.69, 9.17) is 4.74 Å². The second-order valence-electron chi connectivity index (χ2n) is 9.36. The molecule has 0 radical (unpaired) electrons. The van der Waals surface area contributed by atoms with E-state index in [-0.39, 0.29) is 0 Å². The van der Waals surface area contributed by atoms with Crippen LogP contribution in [0.2, 0.25) is 0 Å². The highest BCUT2D eigenvalue weighted by molar-refractivity contribution is 6.02. The molecule has 0 aromatic heterocycles. The topological polar surface area (TPSA) is 32.8 Å². The normalized spacial score (nSPS) is 29.3. The number of ether oxygens (including phenoxy) is 1. The second-order valence-corrected chi connectivity index (χ2v) is 9.36. The number of aryl methyl sites for hydroxylation is 1. The van der Waals surface area contributed by atoms with Crippen LogP contribution >= 0.6 is 0 Å². The lowest BCUT2D eigenvalue weighted by atomic mass is 9.79. The molecule has 0 unspecified atom stereocenters. The zero-order valence-electron chi connectivity index (χ0n) is 17.9. The van der Waals surface area contributed by atoms with Crippen molar-refractivity contribution in [1.82, 2.24) is 4.90 Å². The number of piperidine rings is 1. The van der Waals surface area contributed by atoms with Crippen LogP contribution in [0, 0.1) is 6.92 Å². The standard InChI is InChI=1S/C24H36N2O2/c1-4-15-28-21-7-11-24(3,12-8-21)25-13-9-20(10-14-25)26-22-16-18(2)5-6-19(22)17-23(26)27/h5-6,16,20-21H,4,7-15,17H2,1-3H3/t21-,24-. The minimum atomic E-state index is 0.291. The summed E-state index contributed by atoms with van der Waals surface area (Å²) in [6.07, 6.45) is 9.17. The van der Waals surface area contributed by atoms with Gasteiger partial charge in [-0.15, -0.1) is 0 Å². The maximum absolute atomic E-state index is 12.7. The van der Waals surface area contributed by atoms with Gasteiger partial charge in [0, 0.05) is 37.0 Å². The van der Waals surface area contributed by atoms with Crippen molar-refractivity contribution in [2.45, 2.75) is 89.8 Å². The van der Waals surface area contributed by atoms with Crippen LogP contribution in [0.15, 0.2) is 18.2 Å². The van der Waals surface area contributed by atoms with Crippen LogP contribution in [-0.4, -0.2) is 48.2 Å². The molecule has 0 spiro atoms. The fraction of sp³-hybridized carbons (Fsp3) is 0.708. The number of carbonyl (C=O) groups is 1. The largest absolute Gasteiger partial charge is 0.378 e. The number of carbonyl (C=O) groups excluding carboxylic acids is 1. The summed E-state index contributed by atoms with van der Waals surface area (Å²) in [6, 6.07) is 6.82. The first-order chi connectivity index (χ1) is 13.5. The second kappa shape index (κ2) is 8.16. The Balaban J connectivity index is 1.35. The van der Waals surface area contributed by atoms with E-state index < -0.39 is 0 Å². The quantitative estimate of drug-likeness (QED) is 0.750. The minimum absolute atomic E-state index is 0.291. The minimum Gasteiger partial charge on any atom is -0.378 e. The van der Waals surface area contributed by atoms with Crippen LogP contribution in [0.25, 0.3) is 0 Å². The molecule has 0 N–H and O–H groups in total. The highest BCUT2D eigenvalue weighted by atomic mass is 16.5. The maximum atomic E-state index is 12.7. The number of nitrogens with zero attached hydrogens (tertiary/aromatic N) is 2. The molecule has 1 saturated carbocycles. The van der Waals surface area contributed by atoms with E-state index in [1.807, 2.05) is 0 Å². The first-order valence-corrected chi connectivity index (χ1v) is 11.3. The summed E-state index contributed by atoms with van der Waals surface area (Å²) in [6.45, 7) is 9.85. The molecule has 4 rings (SSSR count). The van der Waals surface area contributed by atoms with Crippen molar-refractivity contribution in [3.63, 3.8) is 0 Å². The Hall–Kier alpha value is -1.39. The Labute approximate surface area is 170 Å². The van der Waals surface area contributed by atoms with Crippen molar-refractivity contribution in [2.24, 2.45) is 0 Å². The van der Waals surface area contributed by atoms with Crippen molar-refractivity contribution in [2.75, 3.05) is 24.6 Å². The van der Waals surface area contributed by atoms with E-state index in [9.17, 15) is 4.79 Å². The first kappa shape index (κ1) is 19.9. The number of amides is 1. The van der Waals surface area contributed by atoms with Gasteiger partial charge in [0.1, 0.15) is 0 Å². The van der Waals surface area contributed by atoms with Gasteiger partial charge in [-0.25, -0.2) is 0 Å². The first-order valence-electron chi connectivity index (χ1n) is 11.3. The number of fused-ring (bicyclic) bond motifs is 1. The summed E-state index contributed by atoms with van der Waals surface area (Å²) in [5.74, 6) is 0.291. The average molecular weight is 385 g/mol. The van der Waals surface area contributed by atoms with Crippen LogP contribution < -0.4 is 4.90 Å². The summed E-state index contributed by atoms with van der Waals surface area (Å²) in [4.78, 5) is 17.5. The van der Waals surface area contributed by atoms with E-state index in [1.165, 1.54) is 42.5 Å². The van der Waals surface area contributed by atoms with Crippen LogP contribution in [0.3, 0.4) is 0 Å². The zero-order valence-corrected chi connectivity index (χ0v) is 17.9. The summed E-state index contributed by atoms with van der Waals surface area (Å²) in [7, 11) is 0. The van der Waals surface area contributed by atoms with E-state index in [0.29, 0.717) is 30.0 Å². The monoisotopic (exact) mass is 384 g/mol. The molecule has 0 atom stereocenters. The Bertz CT molecular complexity index is 701. The molecule has 1 aromatic rings. The van der Waals surface area contributed by atoms with E-state index in [0.717, 1.165) is 39.0 Å². The Morgan fingerprint density at radius 3 is 2.54 bits per heavy atom. The SMILES string of the molecule is CCCO[C@H]1CC[C@](C)(N2CCC(N3C(=O)Cc4ccc(C)cc43)CC2)CC1. The zero-order chi connectivity index (χ0) is 19.7. The fourth-order valence-electron chi connectivity index (χ4n) is 5.47. The van der Waals surface area contributed by atoms with Crippen LogP contribution in [-0.2, 0) is 16.0 Å². The van der Waals surface area contributed by atoms with Crippen LogP contribution in [0.5, 0.6) is 0 Å².